The molecule has 2 rings (SSSR count). The van der Waals surface area contributed by atoms with Crippen LogP contribution in [0.4, 0.5) is 0 Å². The van der Waals surface area contributed by atoms with Crippen molar-refractivity contribution in [1.29, 1.82) is 0 Å². The fourth-order valence-electron chi connectivity index (χ4n) is 3.45. The summed E-state index contributed by atoms with van der Waals surface area (Å²) in [6.45, 7) is 2.66. The Bertz CT molecular complexity index is 497. The van der Waals surface area contributed by atoms with Gasteiger partial charge in [0.05, 0.1) is 0 Å². The van der Waals surface area contributed by atoms with Gasteiger partial charge in [-0.3, -0.25) is 0 Å². The van der Waals surface area contributed by atoms with Crippen LogP contribution in [0.3, 0.4) is 0 Å². The molecule has 1 fully saturated rings. The predicted octanol–water partition coefficient (Wildman–Crippen LogP) is 2.95. The predicted molar refractivity (Wildman–Crippen MR) is 91.0 cm³/mol. The second-order valence-corrected chi connectivity index (χ2v) is 6.81. The summed E-state index contributed by atoms with van der Waals surface area (Å²) in [6, 6.07) is 9.27. The molecular formula is C19H29NO3. The summed E-state index contributed by atoms with van der Waals surface area (Å²) >= 11 is 0. The lowest BCUT2D eigenvalue weighted by atomic mass is 9.80. The highest BCUT2D eigenvalue weighted by Crippen LogP contribution is 2.41. The Kier molecular flexibility index (Phi) is 6.19. The van der Waals surface area contributed by atoms with Crippen LogP contribution in [-0.4, -0.2) is 42.7 Å². The van der Waals surface area contributed by atoms with Crippen molar-refractivity contribution in [1.82, 2.24) is 4.90 Å². The minimum Gasteiger partial charge on any atom is -0.459 e. The zero-order chi connectivity index (χ0) is 16.9. The van der Waals surface area contributed by atoms with Gasteiger partial charge in [-0.15, -0.1) is 0 Å². The highest BCUT2D eigenvalue weighted by atomic mass is 16.6. The Labute approximate surface area is 139 Å². The van der Waals surface area contributed by atoms with E-state index in [1.165, 1.54) is 0 Å². The van der Waals surface area contributed by atoms with Gasteiger partial charge in [-0.2, -0.15) is 0 Å². The molecule has 1 saturated carbocycles. The second kappa shape index (κ2) is 7.93. The average molecular weight is 319 g/mol. The van der Waals surface area contributed by atoms with Crippen molar-refractivity contribution in [3.63, 3.8) is 0 Å². The first-order valence-electron chi connectivity index (χ1n) is 8.62. The van der Waals surface area contributed by atoms with Gasteiger partial charge in [0, 0.05) is 12.5 Å². The van der Waals surface area contributed by atoms with E-state index in [0.717, 1.165) is 32.1 Å². The Morgan fingerprint density at radius 2 is 1.91 bits per heavy atom. The highest BCUT2D eigenvalue weighted by Gasteiger charge is 2.48. The van der Waals surface area contributed by atoms with E-state index in [-0.39, 0.29) is 12.0 Å². The lowest BCUT2D eigenvalue weighted by molar-refractivity contribution is -0.180. The van der Waals surface area contributed by atoms with Gasteiger partial charge in [0.25, 0.3) is 0 Å². The maximum Gasteiger partial charge on any atom is 0.343 e. The molecule has 1 aromatic carbocycles. The molecule has 1 aliphatic rings. The van der Waals surface area contributed by atoms with E-state index in [9.17, 15) is 9.90 Å². The number of hydrogen-bond donors (Lipinski definition) is 1. The zero-order valence-electron chi connectivity index (χ0n) is 14.5. The topological polar surface area (TPSA) is 49.8 Å². The van der Waals surface area contributed by atoms with Crippen molar-refractivity contribution in [2.45, 2.75) is 50.7 Å². The molecule has 0 saturated heterocycles. The third kappa shape index (κ3) is 4.12. The molecule has 1 aliphatic carbocycles. The third-order valence-corrected chi connectivity index (χ3v) is 4.77. The lowest BCUT2D eigenvalue weighted by Crippen LogP contribution is -2.46. The molecule has 0 heterocycles. The lowest BCUT2D eigenvalue weighted by Gasteiger charge is -2.34. The fourth-order valence-corrected chi connectivity index (χ4v) is 3.45. The summed E-state index contributed by atoms with van der Waals surface area (Å²) in [4.78, 5) is 14.9. The molecule has 2 unspecified atom stereocenters. The van der Waals surface area contributed by atoms with Gasteiger partial charge in [-0.05, 0) is 38.9 Å². The van der Waals surface area contributed by atoms with E-state index in [2.05, 4.69) is 0 Å². The van der Waals surface area contributed by atoms with E-state index in [4.69, 9.17) is 4.74 Å². The van der Waals surface area contributed by atoms with Gasteiger partial charge < -0.3 is 14.7 Å². The van der Waals surface area contributed by atoms with Crippen LogP contribution in [0.15, 0.2) is 30.3 Å². The van der Waals surface area contributed by atoms with Gasteiger partial charge >= 0.3 is 5.97 Å². The van der Waals surface area contributed by atoms with Crippen LogP contribution in [0.25, 0.3) is 0 Å². The number of carbonyl (C=O) groups is 1. The van der Waals surface area contributed by atoms with E-state index in [1.807, 2.05) is 56.3 Å². The molecule has 0 aliphatic heterocycles. The molecule has 0 radical (unpaired) electrons. The van der Waals surface area contributed by atoms with Crippen molar-refractivity contribution < 1.29 is 14.6 Å². The van der Waals surface area contributed by atoms with Gasteiger partial charge in [0.2, 0.25) is 0 Å². The van der Waals surface area contributed by atoms with Crippen LogP contribution in [0.5, 0.6) is 0 Å². The Balaban J connectivity index is 2.24. The van der Waals surface area contributed by atoms with Crippen LogP contribution >= 0.6 is 0 Å². The summed E-state index contributed by atoms with van der Waals surface area (Å²) in [7, 11) is 3.91. The van der Waals surface area contributed by atoms with Crippen LogP contribution in [0.2, 0.25) is 0 Å². The minimum absolute atomic E-state index is 0.0609. The van der Waals surface area contributed by atoms with Crippen molar-refractivity contribution in [2.24, 2.45) is 5.92 Å². The first kappa shape index (κ1) is 18.0. The molecule has 4 nitrogen and oxygen atoms in total. The quantitative estimate of drug-likeness (QED) is 0.785. The Morgan fingerprint density at radius 1 is 1.30 bits per heavy atom. The normalized spacial score (nSPS) is 19.5. The monoisotopic (exact) mass is 319 g/mol. The number of benzene rings is 1. The number of carbonyl (C=O) groups excluding carboxylic acids is 1. The SMILES string of the molecule is CCC(CN(C)C)OC(=O)C(O)(c1ccccc1)C1CCCC1. The standard InChI is InChI=1S/C19H29NO3/c1-4-17(14-20(2)3)23-18(21)19(22,16-12-8-9-13-16)15-10-6-5-7-11-15/h5-7,10-11,16-17,22H,4,8-9,12-14H2,1-3H3. The molecule has 23 heavy (non-hydrogen) atoms. The molecule has 0 spiro atoms. The fraction of sp³-hybridized carbons (Fsp3) is 0.632. The second-order valence-electron chi connectivity index (χ2n) is 6.81. The maximum atomic E-state index is 12.9. The van der Waals surface area contributed by atoms with Crippen molar-refractivity contribution in [3.8, 4) is 0 Å². The van der Waals surface area contributed by atoms with Crippen molar-refractivity contribution in [3.05, 3.63) is 35.9 Å². The third-order valence-electron chi connectivity index (χ3n) is 4.77. The number of esters is 1. The molecule has 128 valence electrons. The zero-order valence-corrected chi connectivity index (χ0v) is 14.5. The number of aliphatic hydroxyl groups is 1. The Hall–Kier alpha value is -1.39. The first-order valence-corrected chi connectivity index (χ1v) is 8.62. The summed E-state index contributed by atoms with van der Waals surface area (Å²) < 4.78 is 5.71. The summed E-state index contributed by atoms with van der Waals surface area (Å²) in [5, 5.41) is 11.3. The minimum atomic E-state index is -1.53. The first-order chi connectivity index (χ1) is 11.0. The molecule has 0 aromatic heterocycles. The van der Waals surface area contributed by atoms with E-state index in [0.29, 0.717) is 12.1 Å². The van der Waals surface area contributed by atoms with Gasteiger partial charge in [-0.25, -0.2) is 4.79 Å². The summed E-state index contributed by atoms with van der Waals surface area (Å²) in [6.07, 6.45) is 4.38. The van der Waals surface area contributed by atoms with Gasteiger partial charge in [-0.1, -0.05) is 50.1 Å². The van der Waals surface area contributed by atoms with E-state index >= 15 is 0 Å². The van der Waals surface area contributed by atoms with Crippen molar-refractivity contribution >= 4 is 5.97 Å². The van der Waals surface area contributed by atoms with E-state index in [1.54, 1.807) is 0 Å². The number of rotatable bonds is 7. The molecule has 1 aromatic rings. The molecule has 4 heteroatoms. The smallest absolute Gasteiger partial charge is 0.343 e. The number of nitrogens with zero attached hydrogens (tertiary/aromatic N) is 1. The van der Waals surface area contributed by atoms with Crippen LogP contribution in [0.1, 0.15) is 44.6 Å². The van der Waals surface area contributed by atoms with Crippen LogP contribution in [-0.2, 0) is 15.1 Å². The maximum absolute atomic E-state index is 12.9. The molecule has 1 N–H and O–H groups in total. The Morgan fingerprint density at radius 3 is 2.43 bits per heavy atom. The summed E-state index contributed by atoms with van der Waals surface area (Å²) in [5.74, 6) is -0.557. The summed E-state index contributed by atoms with van der Waals surface area (Å²) in [5.41, 5.74) is -0.881. The van der Waals surface area contributed by atoms with Gasteiger partial charge in [0.15, 0.2) is 5.60 Å². The van der Waals surface area contributed by atoms with Crippen LogP contribution < -0.4 is 0 Å². The van der Waals surface area contributed by atoms with Crippen LogP contribution in [0, 0.1) is 5.92 Å². The van der Waals surface area contributed by atoms with E-state index < -0.39 is 11.6 Å². The average Bonchev–Trinajstić information content (AvgIpc) is 3.08. The van der Waals surface area contributed by atoms with Gasteiger partial charge in [0.1, 0.15) is 6.10 Å². The van der Waals surface area contributed by atoms with Crippen molar-refractivity contribution in [2.75, 3.05) is 20.6 Å². The highest BCUT2D eigenvalue weighted by molar-refractivity contribution is 5.81. The number of ether oxygens (including phenoxy) is 1. The molecule has 0 amide bonds. The molecule has 0 bridgehead atoms. The molecule has 2 atom stereocenters. The number of likely N-dealkylation sites (N-methyl/N-ethyl adjacent to an activating group) is 1. The number of hydrogen-bond acceptors (Lipinski definition) is 4. The molecular weight excluding hydrogens is 290 g/mol. The largest absolute Gasteiger partial charge is 0.459 e.